The van der Waals surface area contributed by atoms with Crippen molar-refractivity contribution in [1.82, 2.24) is 0 Å². The van der Waals surface area contributed by atoms with Crippen molar-refractivity contribution in [2.75, 3.05) is 19.0 Å². The summed E-state index contributed by atoms with van der Waals surface area (Å²) in [6.07, 6.45) is 8.76. The molecule has 1 aliphatic heterocycles. The lowest BCUT2D eigenvalue weighted by atomic mass is 9.78. The van der Waals surface area contributed by atoms with Crippen molar-refractivity contribution in [1.29, 1.82) is 0 Å². The quantitative estimate of drug-likeness (QED) is 0.904. The highest BCUT2D eigenvalue weighted by Crippen LogP contribution is 2.39. The predicted octanol–water partition coefficient (Wildman–Crippen LogP) is 4.13. The number of hydrogen-bond donors (Lipinski definition) is 1. The third-order valence-electron chi connectivity index (χ3n) is 4.93. The third kappa shape index (κ3) is 3.58. The summed E-state index contributed by atoms with van der Waals surface area (Å²) in [7, 11) is 1.75. The second-order valence-electron chi connectivity index (χ2n) is 6.52. The third-order valence-corrected chi connectivity index (χ3v) is 4.93. The predicted molar refractivity (Wildman–Crippen MR) is 85.6 cm³/mol. The van der Waals surface area contributed by atoms with Gasteiger partial charge < -0.3 is 14.8 Å². The van der Waals surface area contributed by atoms with E-state index in [4.69, 9.17) is 9.47 Å². The monoisotopic (exact) mass is 289 g/mol. The molecule has 3 heteroatoms. The summed E-state index contributed by atoms with van der Waals surface area (Å²) in [4.78, 5) is 0. The maximum atomic E-state index is 6.19. The molecule has 1 saturated heterocycles. The van der Waals surface area contributed by atoms with E-state index in [2.05, 4.69) is 29.6 Å². The Hall–Kier alpha value is -1.06. The fourth-order valence-electron chi connectivity index (χ4n) is 3.86. The van der Waals surface area contributed by atoms with Gasteiger partial charge >= 0.3 is 0 Å². The lowest BCUT2D eigenvalue weighted by Gasteiger charge is -2.44. The molecule has 1 unspecified atom stereocenters. The van der Waals surface area contributed by atoms with Crippen LogP contribution in [0.1, 0.15) is 50.5 Å². The first-order valence-electron chi connectivity index (χ1n) is 8.29. The maximum Gasteiger partial charge on any atom is 0.0733 e. The normalized spacial score (nSPS) is 24.9. The number of anilines is 1. The van der Waals surface area contributed by atoms with E-state index >= 15 is 0 Å². The van der Waals surface area contributed by atoms with Crippen LogP contribution in [0.25, 0.3) is 0 Å². The van der Waals surface area contributed by atoms with Crippen LogP contribution in [-0.4, -0.2) is 25.4 Å². The van der Waals surface area contributed by atoms with Gasteiger partial charge in [-0.15, -0.1) is 0 Å². The van der Waals surface area contributed by atoms with Crippen LogP contribution in [-0.2, 0) is 16.1 Å². The van der Waals surface area contributed by atoms with Crippen molar-refractivity contribution >= 4 is 5.69 Å². The molecule has 2 fully saturated rings. The lowest BCUT2D eigenvalue weighted by molar-refractivity contribution is -0.103. The highest BCUT2D eigenvalue weighted by molar-refractivity contribution is 5.51. The number of rotatable bonds is 4. The second kappa shape index (κ2) is 6.80. The first-order chi connectivity index (χ1) is 10.3. The number of methoxy groups -OCH3 is 1. The Morgan fingerprint density at radius 2 is 2.05 bits per heavy atom. The van der Waals surface area contributed by atoms with Gasteiger partial charge in [0.05, 0.1) is 12.2 Å². The first-order valence-corrected chi connectivity index (χ1v) is 8.29. The molecule has 3 rings (SSSR count). The van der Waals surface area contributed by atoms with Crippen LogP contribution in [0, 0.1) is 0 Å². The zero-order valence-electron chi connectivity index (χ0n) is 13.1. The van der Waals surface area contributed by atoms with Crippen LogP contribution >= 0.6 is 0 Å². The molecule has 116 valence electrons. The summed E-state index contributed by atoms with van der Waals surface area (Å²) in [5, 5.41) is 3.75. The van der Waals surface area contributed by atoms with Crippen LogP contribution < -0.4 is 5.32 Å². The summed E-state index contributed by atoms with van der Waals surface area (Å²) >= 11 is 0. The Morgan fingerprint density at radius 1 is 1.24 bits per heavy atom. The van der Waals surface area contributed by atoms with Gasteiger partial charge in [-0.05, 0) is 31.7 Å². The minimum atomic E-state index is 0.157. The number of nitrogens with one attached hydrogen (secondary N) is 1. The molecule has 1 atom stereocenters. The van der Waals surface area contributed by atoms with Gasteiger partial charge in [-0.2, -0.15) is 0 Å². The fourth-order valence-corrected chi connectivity index (χ4v) is 3.86. The molecule has 1 aromatic rings. The Morgan fingerprint density at radius 3 is 2.86 bits per heavy atom. The summed E-state index contributed by atoms with van der Waals surface area (Å²) in [6, 6.07) is 9.00. The summed E-state index contributed by atoms with van der Waals surface area (Å²) in [5.41, 5.74) is 2.62. The van der Waals surface area contributed by atoms with Crippen molar-refractivity contribution in [3.05, 3.63) is 29.8 Å². The number of benzene rings is 1. The van der Waals surface area contributed by atoms with Crippen LogP contribution in [0.4, 0.5) is 5.69 Å². The molecule has 0 amide bonds. The molecule has 1 spiro atoms. The van der Waals surface area contributed by atoms with E-state index in [0.717, 1.165) is 19.4 Å². The van der Waals surface area contributed by atoms with Gasteiger partial charge in [0.2, 0.25) is 0 Å². The number of ether oxygens (including phenoxy) is 2. The van der Waals surface area contributed by atoms with Gasteiger partial charge in [0, 0.05) is 31.0 Å². The molecule has 1 N–H and O–H groups in total. The number of para-hydroxylation sites is 1. The first kappa shape index (κ1) is 14.9. The van der Waals surface area contributed by atoms with E-state index in [-0.39, 0.29) is 5.60 Å². The fraction of sp³-hybridized carbons (Fsp3) is 0.667. The van der Waals surface area contributed by atoms with Crippen molar-refractivity contribution in [3.8, 4) is 0 Å². The minimum Gasteiger partial charge on any atom is -0.382 e. The minimum absolute atomic E-state index is 0.157. The molecular weight excluding hydrogens is 262 g/mol. The van der Waals surface area contributed by atoms with Crippen molar-refractivity contribution < 1.29 is 9.47 Å². The van der Waals surface area contributed by atoms with E-state index < -0.39 is 0 Å². The van der Waals surface area contributed by atoms with E-state index in [0.29, 0.717) is 12.6 Å². The smallest absolute Gasteiger partial charge is 0.0733 e. The van der Waals surface area contributed by atoms with Gasteiger partial charge in [-0.3, -0.25) is 0 Å². The van der Waals surface area contributed by atoms with Crippen molar-refractivity contribution in [3.63, 3.8) is 0 Å². The molecule has 1 aromatic carbocycles. The molecule has 21 heavy (non-hydrogen) atoms. The Balaban J connectivity index is 1.67. The topological polar surface area (TPSA) is 30.5 Å². The summed E-state index contributed by atoms with van der Waals surface area (Å²) < 4.78 is 11.5. The summed E-state index contributed by atoms with van der Waals surface area (Å²) in [5.74, 6) is 0. The molecule has 1 heterocycles. The average Bonchev–Trinajstić information content (AvgIpc) is 2.50. The molecule has 1 saturated carbocycles. The Bertz CT molecular complexity index is 449. The highest BCUT2D eigenvalue weighted by atomic mass is 16.5. The zero-order chi connectivity index (χ0) is 14.5. The molecule has 1 aliphatic carbocycles. The van der Waals surface area contributed by atoms with E-state index in [1.807, 2.05) is 0 Å². The van der Waals surface area contributed by atoms with Gasteiger partial charge in [-0.25, -0.2) is 0 Å². The molecule has 0 bridgehead atoms. The summed E-state index contributed by atoms with van der Waals surface area (Å²) in [6.45, 7) is 1.56. The molecule has 2 aliphatic rings. The van der Waals surface area contributed by atoms with Crippen LogP contribution in [0.5, 0.6) is 0 Å². The lowest BCUT2D eigenvalue weighted by Crippen LogP contribution is -2.45. The largest absolute Gasteiger partial charge is 0.382 e. The van der Waals surface area contributed by atoms with E-state index in [1.165, 1.54) is 43.4 Å². The number of hydrogen-bond acceptors (Lipinski definition) is 3. The van der Waals surface area contributed by atoms with Crippen LogP contribution in [0.3, 0.4) is 0 Å². The van der Waals surface area contributed by atoms with Gasteiger partial charge in [-0.1, -0.05) is 37.5 Å². The highest BCUT2D eigenvalue weighted by Gasteiger charge is 2.38. The van der Waals surface area contributed by atoms with E-state index in [9.17, 15) is 0 Å². The standard InChI is InChI=1S/C18H27NO2/c1-20-14-15-7-3-4-8-17(15)19-16-9-12-21-18(13-16)10-5-2-6-11-18/h3-4,7-8,16,19H,2,5-6,9-14H2,1H3. The Kier molecular flexibility index (Phi) is 4.81. The van der Waals surface area contributed by atoms with Gasteiger partial charge in [0.25, 0.3) is 0 Å². The van der Waals surface area contributed by atoms with Crippen molar-refractivity contribution in [2.24, 2.45) is 0 Å². The van der Waals surface area contributed by atoms with Crippen LogP contribution in [0.2, 0.25) is 0 Å². The maximum absolute atomic E-state index is 6.19. The molecular formula is C18H27NO2. The SMILES string of the molecule is COCc1ccccc1NC1CCOC2(CCCCC2)C1. The zero-order valence-corrected chi connectivity index (χ0v) is 13.1. The molecule has 0 radical (unpaired) electrons. The molecule has 3 nitrogen and oxygen atoms in total. The second-order valence-corrected chi connectivity index (χ2v) is 6.52. The van der Waals surface area contributed by atoms with Crippen LogP contribution in [0.15, 0.2) is 24.3 Å². The van der Waals surface area contributed by atoms with Gasteiger partial charge in [0.15, 0.2) is 0 Å². The molecule has 0 aromatic heterocycles. The van der Waals surface area contributed by atoms with Crippen molar-refractivity contribution in [2.45, 2.75) is 63.2 Å². The average molecular weight is 289 g/mol. The van der Waals surface area contributed by atoms with Gasteiger partial charge in [0.1, 0.15) is 0 Å². The Labute approximate surface area is 128 Å². The van der Waals surface area contributed by atoms with E-state index in [1.54, 1.807) is 7.11 Å².